The Morgan fingerprint density at radius 3 is 2.39 bits per heavy atom. The van der Waals surface area contributed by atoms with E-state index in [9.17, 15) is 8.42 Å². The Morgan fingerprint density at radius 2 is 1.78 bits per heavy atom. The first-order chi connectivity index (χ1) is 10.9. The average molecular weight is 334 g/mol. The van der Waals surface area contributed by atoms with Crippen LogP contribution < -0.4 is 14.8 Å². The fourth-order valence-electron chi connectivity index (χ4n) is 1.92. The predicted molar refractivity (Wildman–Crippen MR) is 91.4 cm³/mol. The van der Waals surface area contributed by atoms with Crippen molar-refractivity contribution in [3.05, 3.63) is 54.1 Å². The number of ether oxygens (including phenoxy) is 1. The van der Waals surface area contributed by atoms with E-state index in [2.05, 4.69) is 10.0 Å². The van der Waals surface area contributed by atoms with Crippen LogP contribution in [0.15, 0.2) is 53.4 Å². The average Bonchev–Trinajstić information content (AvgIpc) is 2.53. The van der Waals surface area contributed by atoms with E-state index >= 15 is 0 Å². The maximum absolute atomic E-state index is 12.2. The Kier molecular flexibility index (Phi) is 5.76. The fraction of sp³-hybridized carbons (Fsp3) is 0.294. The number of rotatable bonds is 7. The number of hydrogen-bond acceptors (Lipinski definition) is 4. The molecule has 2 N–H and O–H groups in total. The number of sulfonamides is 1. The van der Waals surface area contributed by atoms with Crippen molar-refractivity contribution in [3.8, 4) is 11.5 Å². The molecule has 0 aliphatic rings. The van der Waals surface area contributed by atoms with E-state index in [0.717, 1.165) is 11.3 Å². The zero-order chi connectivity index (χ0) is 16.9. The maximum atomic E-state index is 12.2. The first-order valence-electron chi connectivity index (χ1n) is 7.42. The van der Waals surface area contributed by atoms with Crippen LogP contribution in [0.5, 0.6) is 11.5 Å². The molecule has 0 aliphatic heterocycles. The van der Waals surface area contributed by atoms with Gasteiger partial charge in [-0.2, -0.15) is 0 Å². The zero-order valence-corrected chi connectivity index (χ0v) is 14.4. The second-order valence-corrected chi connectivity index (χ2v) is 7.20. The molecule has 2 rings (SSSR count). The molecule has 0 saturated heterocycles. The van der Waals surface area contributed by atoms with Gasteiger partial charge in [-0.05, 0) is 62.9 Å². The highest BCUT2D eigenvalue weighted by Crippen LogP contribution is 2.23. The Bertz CT molecular complexity index is 743. The minimum atomic E-state index is -3.51. The molecule has 0 bridgehead atoms. The van der Waals surface area contributed by atoms with Gasteiger partial charge < -0.3 is 10.1 Å². The van der Waals surface area contributed by atoms with Crippen molar-refractivity contribution < 1.29 is 13.2 Å². The molecule has 0 heterocycles. The topological polar surface area (TPSA) is 67.4 Å². The lowest BCUT2D eigenvalue weighted by Gasteiger charge is -2.12. The van der Waals surface area contributed by atoms with Crippen molar-refractivity contribution >= 4 is 10.0 Å². The normalized spacial score (nSPS) is 12.8. The Hall–Kier alpha value is -1.89. The van der Waals surface area contributed by atoms with Crippen molar-refractivity contribution in [1.82, 2.24) is 10.0 Å². The molecule has 0 fully saturated rings. The monoisotopic (exact) mass is 334 g/mol. The number of benzene rings is 2. The van der Waals surface area contributed by atoms with Gasteiger partial charge in [0.05, 0.1) is 4.90 Å². The number of hydrogen-bond donors (Lipinski definition) is 2. The summed E-state index contributed by atoms with van der Waals surface area (Å²) >= 11 is 0. The van der Waals surface area contributed by atoms with Crippen molar-refractivity contribution in [2.45, 2.75) is 24.8 Å². The van der Waals surface area contributed by atoms with Crippen LogP contribution in [0.2, 0.25) is 0 Å². The van der Waals surface area contributed by atoms with Crippen molar-refractivity contribution in [1.29, 1.82) is 0 Å². The number of nitrogens with one attached hydrogen (secondary N) is 2. The summed E-state index contributed by atoms with van der Waals surface area (Å²) in [4.78, 5) is 0.220. The van der Waals surface area contributed by atoms with Gasteiger partial charge in [0.25, 0.3) is 0 Å². The second kappa shape index (κ2) is 7.59. The lowest BCUT2D eigenvalue weighted by Crippen LogP contribution is -2.37. The molecular formula is C17H22N2O3S. The van der Waals surface area contributed by atoms with E-state index in [1.165, 1.54) is 12.1 Å². The summed E-state index contributed by atoms with van der Waals surface area (Å²) in [5, 5.41) is 2.98. The van der Waals surface area contributed by atoms with E-state index in [1.807, 2.05) is 38.1 Å². The predicted octanol–water partition coefficient (Wildman–Crippen LogP) is 2.67. The molecule has 0 radical (unpaired) electrons. The number of aryl methyl sites for hydroxylation is 1. The fourth-order valence-corrected chi connectivity index (χ4v) is 3.05. The van der Waals surface area contributed by atoms with Crippen molar-refractivity contribution in [3.63, 3.8) is 0 Å². The molecule has 6 heteroatoms. The van der Waals surface area contributed by atoms with E-state index in [-0.39, 0.29) is 10.9 Å². The second-order valence-electron chi connectivity index (χ2n) is 5.43. The van der Waals surface area contributed by atoms with Gasteiger partial charge in [-0.3, -0.25) is 0 Å². The highest BCUT2D eigenvalue weighted by atomic mass is 32.2. The molecular weight excluding hydrogens is 312 g/mol. The summed E-state index contributed by atoms with van der Waals surface area (Å²) in [5.41, 5.74) is 1.10. The third-order valence-corrected chi connectivity index (χ3v) is 4.87. The minimum Gasteiger partial charge on any atom is -0.457 e. The maximum Gasteiger partial charge on any atom is 0.240 e. The molecule has 5 nitrogen and oxygen atoms in total. The smallest absolute Gasteiger partial charge is 0.240 e. The van der Waals surface area contributed by atoms with Gasteiger partial charge in [0.15, 0.2) is 0 Å². The van der Waals surface area contributed by atoms with Crippen LogP contribution in [0.25, 0.3) is 0 Å². The molecule has 1 unspecified atom stereocenters. The first-order valence-corrected chi connectivity index (χ1v) is 8.90. The summed E-state index contributed by atoms with van der Waals surface area (Å²) in [7, 11) is -1.72. The third-order valence-electron chi connectivity index (χ3n) is 3.43. The Morgan fingerprint density at radius 1 is 1.09 bits per heavy atom. The van der Waals surface area contributed by atoms with Crippen LogP contribution >= 0.6 is 0 Å². The highest BCUT2D eigenvalue weighted by molar-refractivity contribution is 7.89. The molecule has 1 atom stereocenters. The van der Waals surface area contributed by atoms with E-state index < -0.39 is 10.0 Å². The van der Waals surface area contributed by atoms with Gasteiger partial charge in [-0.25, -0.2) is 13.1 Å². The zero-order valence-electron chi connectivity index (χ0n) is 13.5. The SMILES string of the molecule is CNC(C)CNS(=O)(=O)c1ccc(Oc2cccc(C)c2)cc1. The molecule has 2 aromatic rings. The summed E-state index contributed by atoms with van der Waals surface area (Å²) in [5.74, 6) is 1.32. The van der Waals surface area contributed by atoms with Crippen LogP contribution in [0.1, 0.15) is 12.5 Å². The largest absolute Gasteiger partial charge is 0.457 e. The number of likely N-dealkylation sites (N-methyl/N-ethyl adjacent to an activating group) is 1. The molecule has 23 heavy (non-hydrogen) atoms. The third kappa shape index (κ3) is 5.06. The minimum absolute atomic E-state index is 0.0636. The van der Waals surface area contributed by atoms with E-state index in [4.69, 9.17) is 4.74 Å². The van der Waals surface area contributed by atoms with Crippen LogP contribution in [-0.4, -0.2) is 28.1 Å². The van der Waals surface area contributed by atoms with Gasteiger partial charge >= 0.3 is 0 Å². The van der Waals surface area contributed by atoms with Gasteiger partial charge in [0, 0.05) is 12.6 Å². The summed E-state index contributed by atoms with van der Waals surface area (Å²) in [6.45, 7) is 4.22. The molecule has 0 amide bonds. The molecule has 0 aromatic heterocycles. The lowest BCUT2D eigenvalue weighted by molar-refractivity contribution is 0.481. The van der Waals surface area contributed by atoms with E-state index in [0.29, 0.717) is 12.3 Å². The molecule has 2 aromatic carbocycles. The molecule has 0 saturated carbocycles. The van der Waals surface area contributed by atoms with Crippen LogP contribution in [0.4, 0.5) is 0 Å². The quantitative estimate of drug-likeness (QED) is 0.817. The lowest BCUT2D eigenvalue weighted by atomic mass is 10.2. The van der Waals surface area contributed by atoms with Crippen LogP contribution in [-0.2, 0) is 10.0 Å². The van der Waals surface area contributed by atoms with Crippen LogP contribution in [0.3, 0.4) is 0 Å². The molecule has 0 aliphatic carbocycles. The van der Waals surface area contributed by atoms with Crippen molar-refractivity contribution in [2.75, 3.05) is 13.6 Å². The van der Waals surface area contributed by atoms with Crippen LogP contribution in [0, 0.1) is 6.92 Å². The summed E-state index contributed by atoms with van der Waals surface area (Å²) in [6.07, 6.45) is 0. The summed E-state index contributed by atoms with van der Waals surface area (Å²) < 4.78 is 32.7. The Labute approximate surface area is 137 Å². The van der Waals surface area contributed by atoms with Gasteiger partial charge in [0.2, 0.25) is 10.0 Å². The highest BCUT2D eigenvalue weighted by Gasteiger charge is 2.14. The molecule has 124 valence electrons. The Balaban J connectivity index is 2.06. The van der Waals surface area contributed by atoms with Gasteiger partial charge in [-0.15, -0.1) is 0 Å². The van der Waals surface area contributed by atoms with Gasteiger partial charge in [-0.1, -0.05) is 12.1 Å². The standard InChI is InChI=1S/C17H22N2O3S/c1-13-5-4-6-16(11-13)22-15-7-9-17(10-8-15)23(20,21)19-12-14(2)18-3/h4-11,14,18-19H,12H2,1-3H3. The van der Waals surface area contributed by atoms with Crippen molar-refractivity contribution in [2.24, 2.45) is 0 Å². The molecule has 0 spiro atoms. The first kappa shape index (κ1) is 17.5. The summed E-state index contributed by atoms with van der Waals surface area (Å²) in [6, 6.07) is 14.1. The van der Waals surface area contributed by atoms with Gasteiger partial charge in [0.1, 0.15) is 11.5 Å². The van der Waals surface area contributed by atoms with E-state index in [1.54, 1.807) is 19.2 Å².